The van der Waals surface area contributed by atoms with Crippen LogP contribution in [0.1, 0.15) is 10.4 Å². The first kappa shape index (κ1) is 17.5. The number of nitrogens with one attached hydrogen (secondary N) is 2. The van der Waals surface area contributed by atoms with Gasteiger partial charge in [0, 0.05) is 5.56 Å². The number of carbonyl (C=O) groups excluding carboxylic acids is 2. The standard InChI is InChI=1S/C17H14F2N2O5/c18-17(19)25-11-5-3-4-10(8-11)15(22)20-21-16(23)14-9-24-12-6-1-2-7-13(12)26-14/h1-8,14,17H,9H2,(H,20,22)(H,21,23)/t14-/m0/s1. The van der Waals surface area contributed by atoms with Crippen LogP contribution in [0.3, 0.4) is 0 Å². The Morgan fingerprint density at radius 2 is 1.85 bits per heavy atom. The number of carbonyl (C=O) groups is 2. The number of ether oxygens (including phenoxy) is 3. The Kier molecular flexibility index (Phi) is 5.16. The lowest BCUT2D eigenvalue weighted by molar-refractivity contribution is -0.131. The first-order valence-electron chi connectivity index (χ1n) is 7.56. The summed E-state index contributed by atoms with van der Waals surface area (Å²) in [5.74, 6) is -0.541. The van der Waals surface area contributed by atoms with E-state index in [1.807, 2.05) is 0 Å². The fourth-order valence-electron chi connectivity index (χ4n) is 2.23. The predicted octanol–water partition coefficient (Wildman–Crippen LogP) is 1.89. The average Bonchev–Trinajstić information content (AvgIpc) is 2.65. The van der Waals surface area contributed by atoms with Crippen LogP contribution < -0.4 is 25.1 Å². The van der Waals surface area contributed by atoms with E-state index in [0.717, 1.165) is 6.07 Å². The zero-order chi connectivity index (χ0) is 18.5. The van der Waals surface area contributed by atoms with E-state index in [4.69, 9.17) is 9.47 Å². The molecule has 26 heavy (non-hydrogen) atoms. The quantitative estimate of drug-likeness (QED) is 0.810. The van der Waals surface area contributed by atoms with Crippen molar-refractivity contribution in [2.24, 2.45) is 0 Å². The third-order valence-corrected chi connectivity index (χ3v) is 3.42. The van der Waals surface area contributed by atoms with Gasteiger partial charge in [0.2, 0.25) is 6.10 Å². The lowest BCUT2D eigenvalue weighted by atomic mass is 10.2. The summed E-state index contributed by atoms with van der Waals surface area (Å²) in [5, 5.41) is 0. The molecule has 0 bridgehead atoms. The molecule has 7 nitrogen and oxygen atoms in total. The van der Waals surface area contributed by atoms with E-state index in [1.165, 1.54) is 18.2 Å². The topological polar surface area (TPSA) is 85.9 Å². The first-order chi connectivity index (χ1) is 12.5. The Balaban J connectivity index is 1.56. The molecule has 1 aliphatic heterocycles. The summed E-state index contributed by atoms with van der Waals surface area (Å²) in [6, 6.07) is 12.0. The molecule has 0 unspecified atom stereocenters. The molecule has 1 aliphatic rings. The largest absolute Gasteiger partial charge is 0.485 e. The smallest absolute Gasteiger partial charge is 0.387 e. The van der Waals surface area contributed by atoms with Crippen LogP contribution >= 0.6 is 0 Å². The van der Waals surface area contributed by atoms with Crippen molar-refractivity contribution < 1.29 is 32.6 Å². The van der Waals surface area contributed by atoms with E-state index in [9.17, 15) is 18.4 Å². The second kappa shape index (κ2) is 7.68. The van der Waals surface area contributed by atoms with E-state index >= 15 is 0 Å². The van der Waals surface area contributed by atoms with Crippen molar-refractivity contribution in [1.29, 1.82) is 0 Å². The second-order valence-electron chi connectivity index (χ2n) is 5.21. The van der Waals surface area contributed by atoms with E-state index < -0.39 is 24.5 Å². The van der Waals surface area contributed by atoms with Gasteiger partial charge >= 0.3 is 6.61 Å². The molecule has 0 aliphatic carbocycles. The third-order valence-electron chi connectivity index (χ3n) is 3.42. The van der Waals surface area contributed by atoms with Gasteiger partial charge in [-0.25, -0.2) is 0 Å². The predicted molar refractivity (Wildman–Crippen MR) is 85.0 cm³/mol. The number of hydrogen-bond acceptors (Lipinski definition) is 5. The number of hydrazine groups is 1. The Morgan fingerprint density at radius 3 is 2.62 bits per heavy atom. The highest BCUT2D eigenvalue weighted by molar-refractivity contribution is 5.96. The Bertz CT molecular complexity index is 815. The highest BCUT2D eigenvalue weighted by atomic mass is 19.3. The summed E-state index contributed by atoms with van der Waals surface area (Å²) in [6.07, 6.45) is -0.946. The fourth-order valence-corrected chi connectivity index (χ4v) is 2.23. The van der Waals surface area contributed by atoms with Crippen LogP contribution in [0.5, 0.6) is 17.2 Å². The number of alkyl halides is 2. The zero-order valence-corrected chi connectivity index (χ0v) is 13.3. The highest BCUT2D eigenvalue weighted by Gasteiger charge is 2.27. The summed E-state index contributed by atoms with van der Waals surface area (Å²) < 4.78 is 39.6. The van der Waals surface area contributed by atoms with Gasteiger partial charge in [-0.1, -0.05) is 18.2 Å². The van der Waals surface area contributed by atoms with Crippen LogP contribution in [-0.2, 0) is 4.79 Å². The first-order valence-corrected chi connectivity index (χ1v) is 7.56. The number of halogens is 2. The average molecular weight is 364 g/mol. The van der Waals surface area contributed by atoms with Crippen LogP contribution in [0.25, 0.3) is 0 Å². The minimum Gasteiger partial charge on any atom is -0.485 e. The summed E-state index contributed by atoms with van der Waals surface area (Å²) >= 11 is 0. The second-order valence-corrected chi connectivity index (χ2v) is 5.21. The molecule has 2 N–H and O–H groups in total. The summed E-state index contributed by atoms with van der Waals surface area (Å²) in [6.45, 7) is -3.02. The SMILES string of the molecule is O=C(NNC(=O)[C@@H]1COc2ccccc2O1)c1cccc(OC(F)F)c1. The van der Waals surface area contributed by atoms with Gasteiger partial charge in [0.05, 0.1) is 0 Å². The minimum absolute atomic E-state index is 0.0174. The molecule has 1 heterocycles. The van der Waals surface area contributed by atoms with E-state index in [-0.39, 0.29) is 17.9 Å². The molecule has 0 saturated heterocycles. The molecule has 0 saturated carbocycles. The Hall–Kier alpha value is -3.36. The maximum Gasteiger partial charge on any atom is 0.387 e. The van der Waals surface area contributed by atoms with Gasteiger partial charge < -0.3 is 14.2 Å². The highest BCUT2D eigenvalue weighted by Crippen LogP contribution is 2.30. The number of rotatable bonds is 4. The molecule has 9 heteroatoms. The van der Waals surface area contributed by atoms with Gasteiger partial charge in [-0.2, -0.15) is 8.78 Å². The number of fused-ring (bicyclic) bond motifs is 1. The Morgan fingerprint density at radius 1 is 1.08 bits per heavy atom. The number of amides is 2. The van der Waals surface area contributed by atoms with Gasteiger partial charge in [0.15, 0.2) is 11.5 Å². The third kappa shape index (κ3) is 4.18. The van der Waals surface area contributed by atoms with Crippen molar-refractivity contribution in [2.75, 3.05) is 6.61 Å². The molecule has 2 aromatic rings. The van der Waals surface area contributed by atoms with Crippen molar-refractivity contribution in [2.45, 2.75) is 12.7 Å². The van der Waals surface area contributed by atoms with Gasteiger partial charge in [-0.15, -0.1) is 0 Å². The summed E-state index contributed by atoms with van der Waals surface area (Å²) in [4.78, 5) is 24.1. The van der Waals surface area contributed by atoms with Crippen molar-refractivity contribution in [3.8, 4) is 17.2 Å². The van der Waals surface area contributed by atoms with E-state index in [1.54, 1.807) is 24.3 Å². The fraction of sp³-hybridized carbons (Fsp3) is 0.176. The zero-order valence-electron chi connectivity index (χ0n) is 13.3. The summed E-state index contributed by atoms with van der Waals surface area (Å²) in [7, 11) is 0. The van der Waals surface area contributed by atoms with E-state index in [2.05, 4.69) is 15.6 Å². The number of para-hydroxylation sites is 2. The molecular formula is C17H14F2N2O5. The molecule has 136 valence electrons. The van der Waals surface area contributed by atoms with Gasteiger partial charge in [0.1, 0.15) is 12.4 Å². The molecule has 0 aromatic heterocycles. The van der Waals surface area contributed by atoms with Gasteiger partial charge in [0.25, 0.3) is 11.8 Å². The monoisotopic (exact) mass is 364 g/mol. The van der Waals surface area contributed by atoms with Crippen molar-refractivity contribution in [3.05, 3.63) is 54.1 Å². The van der Waals surface area contributed by atoms with Crippen LogP contribution in [-0.4, -0.2) is 31.1 Å². The lowest BCUT2D eigenvalue weighted by Crippen LogP contribution is -2.50. The van der Waals surface area contributed by atoms with Crippen LogP contribution in [0.2, 0.25) is 0 Å². The molecule has 1 atom stereocenters. The van der Waals surface area contributed by atoms with Crippen LogP contribution in [0.4, 0.5) is 8.78 Å². The normalized spacial score (nSPS) is 15.3. The van der Waals surface area contributed by atoms with Crippen LogP contribution in [0, 0.1) is 0 Å². The number of hydrogen-bond donors (Lipinski definition) is 2. The molecular weight excluding hydrogens is 350 g/mol. The van der Waals surface area contributed by atoms with Gasteiger partial charge in [-0.05, 0) is 30.3 Å². The lowest BCUT2D eigenvalue weighted by Gasteiger charge is -2.25. The van der Waals surface area contributed by atoms with E-state index in [0.29, 0.717) is 11.5 Å². The maximum absolute atomic E-state index is 12.2. The molecule has 3 rings (SSSR count). The van der Waals surface area contributed by atoms with Crippen LogP contribution in [0.15, 0.2) is 48.5 Å². The van der Waals surface area contributed by atoms with Crippen molar-refractivity contribution >= 4 is 11.8 Å². The molecule has 0 fully saturated rings. The molecule has 2 amide bonds. The summed E-state index contributed by atoms with van der Waals surface area (Å²) in [5.41, 5.74) is 4.43. The Labute approximate surface area is 146 Å². The van der Waals surface area contributed by atoms with Crippen molar-refractivity contribution in [1.82, 2.24) is 10.9 Å². The van der Waals surface area contributed by atoms with Gasteiger partial charge in [-0.3, -0.25) is 20.4 Å². The maximum atomic E-state index is 12.2. The molecule has 2 aromatic carbocycles. The molecule has 0 radical (unpaired) electrons. The van der Waals surface area contributed by atoms with Crippen molar-refractivity contribution in [3.63, 3.8) is 0 Å². The number of benzene rings is 2. The molecule has 0 spiro atoms. The minimum atomic E-state index is -3.00.